The Hall–Kier alpha value is -4.19. The fraction of sp³-hybridized carbons (Fsp3) is 0.379. The topological polar surface area (TPSA) is 139 Å². The van der Waals surface area contributed by atoms with E-state index < -0.39 is 10.0 Å². The molecule has 0 bridgehead atoms. The fourth-order valence-corrected chi connectivity index (χ4v) is 5.61. The van der Waals surface area contributed by atoms with Gasteiger partial charge in [0.2, 0.25) is 5.91 Å². The van der Waals surface area contributed by atoms with Gasteiger partial charge >= 0.3 is 0 Å². The third kappa shape index (κ3) is 6.59. The summed E-state index contributed by atoms with van der Waals surface area (Å²) in [5, 5.41) is 4.69. The largest absolute Gasteiger partial charge is 0.493 e. The molecule has 218 valence electrons. The molecule has 2 aromatic heterocycles. The minimum Gasteiger partial charge on any atom is -0.493 e. The molecular weight excluding hydrogens is 544 g/mol. The van der Waals surface area contributed by atoms with Gasteiger partial charge in [0, 0.05) is 31.8 Å². The number of nitrogens with zero attached hydrogens (tertiary/aromatic N) is 4. The Bertz CT molecular complexity index is 1710. The Balaban J connectivity index is 1.72. The average Bonchev–Trinajstić information content (AvgIpc) is 3.26. The molecule has 2 N–H and O–H groups in total. The molecule has 0 aliphatic rings. The first kappa shape index (κ1) is 29.8. The van der Waals surface area contributed by atoms with Gasteiger partial charge in [0.25, 0.3) is 15.6 Å². The highest BCUT2D eigenvalue weighted by molar-refractivity contribution is 7.92. The second-order valence-electron chi connectivity index (χ2n) is 9.81. The molecule has 0 unspecified atom stereocenters. The van der Waals surface area contributed by atoms with E-state index in [9.17, 15) is 18.0 Å². The highest BCUT2D eigenvalue weighted by atomic mass is 32.2. The lowest BCUT2D eigenvalue weighted by molar-refractivity contribution is -0.116. The summed E-state index contributed by atoms with van der Waals surface area (Å²) in [5.74, 6) is 1.10. The molecule has 0 saturated heterocycles. The monoisotopic (exact) mass is 580 g/mol. The standard InChI is InChI=1S/C29H36N6O5S/c1-6-8-9-10-11-26-30-19(3)27-29(37)31-28(32-35(26)27)24-18-23(16-17-25(24)40-7-2)41(38,39)33-21-12-14-22(15-13-21)34(5)20(4)36/h12-18,33H,6-11H2,1-5H3,(H,31,32,37). The summed E-state index contributed by atoms with van der Waals surface area (Å²) < 4.78 is 36.6. The summed E-state index contributed by atoms with van der Waals surface area (Å²) in [5.41, 5.74) is 1.87. The van der Waals surface area contributed by atoms with Gasteiger partial charge in [-0.1, -0.05) is 26.2 Å². The van der Waals surface area contributed by atoms with E-state index in [1.165, 1.54) is 24.0 Å². The Morgan fingerprint density at radius 1 is 1.10 bits per heavy atom. The maximum Gasteiger partial charge on any atom is 0.277 e. The van der Waals surface area contributed by atoms with Crippen LogP contribution in [0.1, 0.15) is 58.0 Å². The molecule has 0 spiro atoms. The van der Waals surface area contributed by atoms with Gasteiger partial charge in [0.15, 0.2) is 11.3 Å². The van der Waals surface area contributed by atoms with Crippen molar-refractivity contribution in [2.75, 3.05) is 23.3 Å². The van der Waals surface area contributed by atoms with E-state index in [2.05, 4.69) is 26.7 Å². The molecular formula is C29H36N6O5S. The maximum absolute atomic E-state index is 13.4. The van der Waals surface area contributed by atoms with Crippen molar-refractivity contribution in [3.05, 3.63) is 64.3 Å². The normalized spacial score (nSPS) is 11.5. The number of anilines is 2. The van der Waals surface area contributed by atoms with Gasteiger partial charge in [0.1, 0.15) is 11.6 Å². The van der Waals surface area contributed by atoms with E-state index in [1.807, 2.05) is 6.92 Å². The lowest BCUT2D eigenvalue weighted by Crippen LogP contribution is -2.22. The van der Waals surface area contributed by atoms with Crippen molar-refractivity contribution >= 4 is 32.8 Å². The van der Waals surface area contributed by atoms with Crippen LogP contribution < -0.4 is 19.9 Å². The quantitative estimate of drug-likeness (QED) is 0.232. The number of aryl methyl sites for hydroxylation is 2. The van der Waals surface area contributed by atoms with Crippen LogP contribution in [0.15, 0.2) is 52.2 Å². The molecule has 0 fully saturated rings. The van der Waals surface area contributed by atoms with Gasteiger partial charge in [-0.05, 0) is 62.7 Å². The number of carbonyl (C=O) groups is 1. The van der Waals surface area contributed by atoms with Crippen molar-refractivity contribution in [1.82, 2.24) is 19.6 Å². The number of imidazole rings is 1. The summed E-state index contributed by atoms with van der Waals surface area (Å²) in [6.07, 6.45) is 4.88. The Morgan fingerprint density at radius 3 is 2.49 bits per heavy atom. The number of benzene rings is 2. The zero-order valence-electron chi connectivity index (χ0n) is 24.0. The second-order valence-corrected chi connectivity index (χ2v) is 11.5. The summed E-state index contributed by atoms with van der Waals surface area (Å²) >= 11 is 0. The second kappa shape index (κ2) is 12.5. The molecule has 2 aromatic carbocycles. The van der Waals surface area contributed by atoms with Crippen LogP contribution >= 0.6 is 0 Å². The predicted octanol–water partition coefficient (Wildman–Crippen LogP) is 4.70. The number of fused-ring (bicyclic) bond motifs is 1. The molecule has 4 aromatic rings. The summed E-state index contributed by atoms with van der Waals surface area (Å²) in [7, 11) is -2.39. The van der Waals surface area contributed by atoms with Crippen LogP contribution in [0.5, 0.6) is 5.75 Å². The lowest BCUT2D eigenvalue weighted by atomic mass is 10.1. The molecule has 2 heterocycles. The number of rotatable bonds is 12. The van der Waals surface area contributed by atoms with Crippen LogP contribution in [0.3, 0.4) is 0 Å². The van der Waals surface area contributed by atoms with Gasteiger partial charge in [0.05, 0.1) is 22.8 Å². The molecule has 0 saturated carbocycles. The van der Waals surface area contributed by atoms with Crippen molar-refractivity contribution in [3.8, 4) is 17.1 Å². The van der Waals surface area contributed by atoms with E-state index in [-0.39, 0.29) is 22.2 Å². The van der Waals surface area contributed by atoms with Gasteiger partial charge in [-0.3, -0.25) is 14.3 Å². The zero-order valence-corrected chi connectivity index (χ0v) is 24.8. The number of aromatic nitrogens is 4. The highest BCUT2D eigenvalue weighted by Gasteiger charge is 2.21. The minimum absolute atomic E-state index is 0.0368. The van der Waals surface area contributed by atoms with Crippen molar-refractivity contribution in [2.24, 2.45) is 0 Å². The molecule has 11 nitrogen and oxygen atoms in total. The zero-order chi connectivity index (χ0) is 29.7. The number of hydrogen-bond donors (Lipinski definition) is 2. The molecule has 41 heavy (non-hydrogen) atoms. The van der Waals surface area contributed by atoms with Crippen molar-refractivity contribution in [1.29, 1.82) is 0 Å². The predicted molar refractivity (Wildman–Crippen MR) is 159 cm³/mol. The summed E-state index contributed by atoms with van der Waals surface area (Å²) in [6.45, 7) is 7.51. The first-order valence-corrected chi connectivity index (χ1v) is 15.2. The van der Waals surface area contributed by atoms with Gasteiger partial charge in [-0.2, -0.15) is 0 Å². The molecule has 0 atom stereocenters. The summed E-state index contributed by atoms with van der Waals surface area (Å²) in [6, 6.07) is 10.9. The van der Waals surface area contributed by atoms with Crippen LogP contribution in [0, 0.1) is 6.92 Å². The van der Waals surface area contributed by atoms with E-state index >= 15 is 0 Å². The van der Waals surface area contributed by atoms with Crippen LogP contribution in [-0.4, -0.2) is 47.6 Å². The SMILES string of the molecule is CCCCCCc1nc(C)c2c(=O)[nH]c(-c3cc(S(=O)(=O)Nc4ccc(N(C)C(C)=O)cc4)ccc3OCC)nn12. The third-order valence-electron chi connectivity index (χ3n) is 6.79. The molecule has 4 rings (SSSR count). The number of aromatic amines is 1. The van der Waals surface area contributed by atoms with Gasteiger partial charge < -0.3 is 14.6 Å². The van der Waals surface area contributed by atoms with E-state index in [0.717, 1.165) is 25.7 Å². The number of nitrogens with one attached hydrogen (secondary N) is 2. The number of hydrogen-bond acceptors (Lipinski definition) is 7. The van der Waals surface area contributed by atoms with E-state index in [0.29, 0.717) is 52.8 Å². The van der Waals surface area contributed by atoms with Crippen LogP contribution in [0.2, 0.25) is 0 Å². The molecule has 0 radical (unpaired) electrons. The average molecular weight is 581 g/mol. The number of ether oxygens (including phenoxy) is 1. The first-order chi connectivity index (χ1) is 19.6. The molecule has 12 heteroatoms. The maximum atomic E-state index is 13.4. The van der Waals surface area contributed by atoms with Crippen molar-refractivity contribution < 1.29 is 17.9 Å². The van der Waals surface area contributed by atoms with Crippen LogP contribution in [0.4, 0.5) is 11.4 Å². The van der Waals surface area contributed by atoms with Crippen molar-refractivity contribution in [2.45, 2.75) is 64.7 Å². The minimum atomic E-state index is -4.02. The number of sulfonamides is 1. The van der Waals surface area contributed by atoms with Gasteiger partial charge in [-0.25, -0.2) is 17.9 Å². The first-order valence-electron chi connectivity index (χ1n) is 13.7. The number of unbranched alkanes of at least 4 members (excludes halogenated alkanes) is 3. The fourth-order valence-electron chi connectivity index (χ4n) is 4.52. The number of H-pyrrole nitrogens is 1. The molecule has 1 amide bonds. The molecule has 0 aliphatic carbocycles. The van der Waals surface area contributed by atoms with Crippen molar-refractivity contribution in [3.63, 3.8) is 0 Å². The Labute approximate surface area is 239 Å². The van der Waals surface area contributed by atoms with Crippen LogP contribution in [0.25, 0.3) is 16.9 Å². The van der Waals surface area contributed by atoms with Gasteiger partial charge in [-0.15, -0.1) is 5.10 Å². The third-order valence-corrected chi connectivity index (χ3v) is 8.17. The molecule has 0 aliphatic heterocycles. The Kier molecular flexibility index (Phi) is 9.11. The lowest BCUT2D eigenvalue weighted by Gasteiger charge is -2.16. The number of amides is 1. The van der Waals surface area contributed by atoms with Crippen LogP contribution in [-0.2, 0) is 21.2 Å². The Morgan fingerprint density at radius 2 is 1.83 bits per heavy atom. The summed E-state index contributed by atoms with van der Waals surface area (Å²) in [4.78, 5) is 33.6. The number of carbonyl (C=O) groups excluding carboxylic acids is 1. The van der Waals surface area contributed by atoms with E-state index in [1.54, 1.807) is 48.8 Å². The highest BCUT2D eigenvalue weighted by Crippen LogP contribution is 2.31. The smallest absolute Gasteiger partial charge is 0.277 e. The van der Waals surface area contributed by atoms with E-state index in [4.69, 9.17) is 4.74 Å².